The zero-order valence-electron chi connectivity index (χ0n) is 16.5. The summed E-state index contributed by atoms with van der Waals surface area (Å²) in [7, 11) is -2.40. The Hall–Kier alpha value is -2.67. The Labute approximate surface area is 181 Å². The van der Waals surface area contributed by atoms with Gasteiger partial charge in [-0.15, -0.1) is 0 Å². The van der Waals surface area contributed by atoms with Crippen LogP contribution in [0.25, 0.3) is 0 Å². The summed E-state index contributed by atoms with van der Waals surface area (Å²) in [6, 6.07) is 11.4. The number of anilines is 1. The van der Waals surface area contributed by atoms with E-state index in [2.05, 4.69) is 11.1 Å². The molecule has 0 spiro atoms. The fraction of sp³-hybridized carbons (Fsp3) is 0.350. The molecule has 1 aromatic carbocycles. The second kappa shape index (κ2) is 9.43. The number of halogens is 1. The van der Waals surface area contributed by atoms with Crippen molar-refractivity contribution < 1.29 is 13.2 Å². The molecule has 30 heavy (non-hydrogen) atoms. The molecule has 0 unspecified atom stereocenters. The van der Waals surface area contributed by atoms with Crippen LogP contribution in [0.5, 0.6) is 0 Å². The van der Waals surface area contributed by atoms with Crippen LogP contribution in [0.15, 0.2) is 47.5 Å². The maximum atomic E-state index is 12.8. The fourth-order valence-corrected chi connectivity index (χ4v) is 4.52. The topological polar surface area (TPSA) is 97.6 Å². The van der Waals surface area contributed by atoms with Crippen LogP contribution in [0.2, 0.25) is 5.02 Å². The first-order chi connectivity index (χ1) is 14.3. The van der Waals surface area contributed by atoms with Crippen molar-refractivity contribution in [3.8, 4) is 6.07 Å². The summed E-state index contributed by atoms with van der Waals surface area (Å²) in [4.78, 5) is 20.8. The van der Waals surface area contributed by atoms with Crippen LogP contribution < -0.4 is 4.90 Å². The minimum absolute atomic E-state index is 0.0865. The van der Waals surface area contributed by atoms with E-state index >= 15 is 0 Å². The van der Waals surface area contributed by atoms with Gasteiger partial charge in [0.05, 0.1) is 17.0 Å². The van der Waals surface area contributed by atoms with Gasteiger partial charge in [-0.1, -0.05) is 11.6 Å². The number of amides is 1. The van der Waals surface area contributed by atoms with E-state index in [1.807, 2.05) is 4.90 Å². The predicted octanol–water partition coefficient (Wildman–Crippen LogP) is 1.97. The molecule has 2 aromatic rings. The van der Waals surface area contributed by atoms with Crippen molar-refractivity contribution >= 4 is 33.3 Å². The SMILES string of the molecule is CN(CC(=O)N1CCCN(c2ncccc2C#N)CC1)S(=O)(=O)c1ccc(Cl)cc1. The highest BCUT2D eigenvalue weighted by Crippen LogP contribution is 2.20. The number of carbonyl (C=O) groups excluding carboxylic acids is 1. The summed E-state index contributed by atoms with van der Waals surface area (Å²) >= 11 is 5.82. The van der Waals surface area contributed by atoms with Crippen molar-refractivity contribution in [3.05, 3.63) is 53.2 Å². The molecule has 1 aliphatic rings. The lowest BCUT2D eigenvalue weighted by Gasteiger charge is -2.25. The minimum Gasteiger partial charge on any atom is -0.354 e. The third-order valence-corrected chi connectivity index (χ3v) is 7.00. The Morgan fingerprint density at radius 1 is 1.20 bits per heavy atom. The molecule has 1 aromatic heterocycles. The second-order valence-electron chi connectivity index (χ2n) is 6.92. The van der Waals surface area contributed by atoms with Crippen LogP contribution in [0.1, 0.15) is 12.0 Å². The quantitative estimate of drug-likeness (QED) is 0.695. The first-order valence-electron chi connectivity index (χ1n) is 9.42. The molecule has 158 valence electrons. The number of likely N-dealkylation sites (N-methyl/N-ethyl adjacent to an activating group) is 1. The number of benzene rings is 1. The standard InChI is InChI=1S/C20H22ClN5O3S/c1-24(30(28,29)18-7-5-17(21)6-8-18)15-19(27)25-10-3-11-26(13-12-25)20-16(14-22)4-2-9-23-20/h2,4-9H,3,10-13,15H2,1H3. The number of nitriles is 1. The zero-order chi connectivity index (χ0) is 21.7. The molecule has 8 nitrogen and oxygen atoms in total. The Kier molecular flexibility index (Phi) is 6.92. The van der Waals surface area contributed by atoms with Crippen LogP contribution in [0.4, 0.5) is 5.82 Å². The molecule has 2 heterocycles. The summed E-state index contributed by atoms with van der Waals surface area (Å²) in [5.41, 5.74) is 0.492. The molecule has 3 rings (SSSR count). The third kappa shape index (κ3) is 4.90. The molecule has 1 aliphatic heterocycles. The van der Waals surface area contributed by atoms with Crippen LogP contribution in [0, 0.1) is 11.3 Å². The van der Waals surface area contributed by atoms with Gasteiger partial charge >= 0.3 is 0 Å². The number of sulfonamides is 1. The average molecular weight is 448 g/mol. The Morgan fingerprint density at radius 2 is 1.93 bits per heavy atom. The molecule has 0 bridgehead atoms. The van der Waals surface area contributed by atoms with Gasteiger partial charge in [0, 0.05) is 44.4 Å². The molecule has 0 saturated carbocycles. The number of carbonyl (C=O) groups is 1. The summed E-state index contributed by atoms with van der Waals surface area (Å²) < 4.78 is 26.5. The molecule has 1 amide bonds. The molecular weight excluding hydrogens is 426 g/mol. The van der Waals surface area contributed by atoms with Gasteiger partial charge in [-0.25, -0.2) is 13.4 Å². The van der Waals surface area contributed by atoms with E-state index in [-0.39, 0.29) is 17.3 Å². The second-order valence-corrected chi connectivity index (χ2v) is 9.40. The minimum atomic E-state index is -3.79. The molecule has 0 radical (unpaired) electrons. The molecule has 1 fully saturated rings. The first kappa shape index (κ1) is 22.0. The maximum Gasteiger partial charge on any atom is 0.243 e. The van der Waals surface area contributed by atoms with Crippen LogP contribution >= 0.6 is 11.6 Å². The lowest BCUT2D eigenvalue weighted by Crippen LogP contribution is -2.42. The Morgan fingerprint density at radius 3 is 2.63 bits per heavy atom. The molecule has 1 saturated heterocycles. The molecule has 0 N–H and O–H groups in total. The highest BCUT2D eigenvalue weighted by atomic mass is 35.5. The maximum absolute atomic E-state index is 12.8. The highest BCUT2D eigenvalue weighted by molar-refractivity contribution is 7.89. The number of aromatic nitrogens is 1. The molecule has 10 heteroatoms. The van der Waals surface area contributed by atoms with Crippen molar-refractivity contribution in [2.45, 2.75) is 11.3 Å². The van der Waals surface area contributed by atoms with Crippen molar-refractivity contribution in [2.24, 2.45) is 0 Å². The molecule has 0 aliphatic carbocycles. The van der Waals surface area contributed by atoms with Crippen molar-refractivity contribution in [1.82, 2.24) is 14.2 Å². The largest absolute Gasteiger partial charge is 0.354 e. The Balaban J connectivity index is 1.65. The van der Waals surface area contributed by atoms with Crippen LogP contribution in [0.3, 0.4) is 0 Å². The van der Waals surface area contributed by atoms with Crippen molar-refractivity contribution in [2.75, 3.05) is 44.7 Å². The van der Waals surface area contributed by atoms with E-state index in [0.717, 1.165) is 4.31 Å². The number of rotatable bonds is 5. The zero-order valence-corrected chi connectivity index (χ0v) is 18.1. The van der Waals surface area contributed by atoms with Crippen LogP contribution in [-0.4, -0.2) is 68.3 Å². The normalized spacial score (nSPS) is 15.0. The lowest BCUT2D eigenvalue weighted by atomic mass is 10.2. The summed E-state index contributed by atoms with van der Waals surface area (Å²) in [5.74, 6) is 0.343. The van der Waals surface area contributed by atoms with Gasteiger partial charge in [0.1, 0.15) is 11.9 Å². The first-order valence-corrected chi connectivity index (χ1v) is 11.2. The van der Waals surface area contributed by atoms with Crippen molar-refractivity contribution in [3.63, 3.8) is 0 Å². The average Bonchev–Trinajstić information content (AvgIpc) is 3.00. The number of pyridine rings is 1. The summed E-state index contributed by atoms with van der Waals surface area (Å²) in [6.45, 7) is 1.87. The number of hydrogen-bond acceptors (Lipinski definition) is 6. The highest BCUT2D eigenvalue weighted by Gasteiger charge is 2.27. The van der Waals surface area contributed by atoms with Gasteiger partial charge in [0.2, 0.25) is 15.9 Å². The van der Waals surface area contributed by atoms with Crippen LogP contribution in [-0.2, 0) is 14.8 Å². The molecule has 0 atom stereocenters. The van der Waals surface area contributed by atoms with E-state index in [0.29, 0.717) is 49.0 Å². The summed E-state index contributed by atoms with van der Waals surface area (Å²) in [6.07, 6.45) is 2.33. The number of nitrogens with zero attached hydrogens (tertiary/aromatic N) is 5. The van der Waals surface area contributed by atoms with Gasteiger partial charge in [-0.3, -0.25) is 4.79 Å². The van der Waals surface area contributed by atoms with E-state index < -0.39 is 10.0 Å². The van der Waals surface area contributed by atoms with Gasteiger partial charge in [-0.05, 0) is 42.8 Å². The monoisotopic (exact) mass is 447 g/mol. The Bertz CT molecular complexity index is 1050. The van der Waals surface area contributed by atoms with Gasteiger partial charge in [-0.2, -0.15) is 9.57 Å². The summed E-state index contributed by atoms with van der Waals surface area (Å²) in [5, 5.41) is 9.73. The molecular formula is C20H22ClN5O3S. The fourth-order valence-electron chi connectivity index (χ4n) is 3.28. The number of hydrogen-bond donors (Lipinski definition) is 0. The van der Waals surface area contributed by atoms with E-state index in [1.165, 1.54) is 31.3 Å². The van der Waals surface area contributed by atoms with E-state index in [9.17, 15) is 18.5 Å². The van der Waals surface area contributed by atoms with Gasteiger partial charge in [0.15, 0.2) is 0 Å². The lowest BCUT2D eigenvalue weighted by molar-refractivity contribution is -0.131. The third-order valence-electron chi connectivity index (χ3n) is 4.94. The van der Waals surface area contributed by atoms with E-state index in [4.69, 9.17) is 11.6 Å². The van der Waals surface area contributed by atoms with Crippen molar-refractivity contribution in [1.29, 1.82) is 5.26 Å². The van der Waals surface area contributed by atoms with Gasteiger partial charge in [0.25, 0.3) is 0 Å². The van der Waals surface area contributed by atoms with Gasteiger partial charge < -0.3 is 9.80 Å². The predicted molar refractivity (Wildman–Crippen MR) is 114 cm³/mol. The smallest absolute Gasteiger partial charge is 0.243 e. The van der Waals surface area contributed by atoms with E-state index in [1.54, 1.807) is 23.2 Å².